The summed E-state index contributed by atoms with van der Waals surface area (Å²) in [4.78, 5) is 28.9. The van der Waals surface area contributed by atoms with Crippen LogP contribution in [0.3, 0.4) is 0 Å². The number of hydrogen-bond acceptors (Lipinski definition) is 4. The lowest BCUT2D eigenvalue weighted by atomic mass is 9.95. The molecule has 1 fully saturated rings. The average molecular weight is 647 g/mol. The zero-order valence-electron chi connectivity index (χ0n) is 22.3. The molecule has 0 heterocycles. The van der Waals surface area contributed by atoms with Crippen molar-refractivity contribution < 1.29 is 18.0 Å². The van der Waals surface area contributed by atoms with Gasteiger partial charge in [-0.15, -0.1) is 0 Å². The number of hydrogen-bond donors (Lipinski definition) is 1. The van der Waals surface area contributed by atoms with Gasteiger partial charge in [0.25, 0.3) is 10.0 Å². The van der Waals surface area contributed by atoms with Gasteiger partial charge < -0.3 is 10.2 Å². The summed E-state index contributed by atoms with van der Waals surface area (Å²) >= 11 is 9.68. The van der Waals surface area contributed by atoms with Crippen molar-refractivity contribution in [2.24, 2.45) is 0 Å². The second-order valence-electron chi connectivity index (χ2n) is 9.98. The summed E-state index contributed by atoms with van der Waals surface area (Å²) < 4.78 is 29.5. The maximum Gasteiger partial charge on any atom is 0.264 e. The molecule has 4 rings (SSSR count). The van der Waals surface area contributed by atoms with E-state index < -0.39 is 28.5 Å². The van der Waals surface area contributed by atoms with E-state index in [1.165, 1.54) is 23.1 Å². The molecule has 1 aliphatic rings. The Labute approximate surface area is 249 Å². The van der Waals surface area contributed by atoms with Crippen LogP contribution in [0.15, 0.2) is 88.2 Å². The normalized spacial score (nSPS) is 14.8. The van der Waals surface area contributed by atoms with Crippen molar-refractivity contribution in [3.05, 3.63) is 93.9 Å². The Hall–Kier alpha value is -2.88. The first-order valence-electron chi connectivity index (χ1n) is 13.3. The Morgan fingerprint density at radius 2 is 1.68 bits per heavy atom. The molecule has 1 saturated carbocycles. The van der Waals surface area contributed by atoms with Crippen LogP contribution in [0.25, 0.3) is 0 Å². The molecule has 0 unspecified atom stereocenters. The summed E-state index contributed by atoms with van der Waals surface area (Å²) in [6.45, 7) is 1.31. The molecular weight excluding hydrogens is 614 g/mol. The van der Waals surface area contributed by atoms with Crippen LogP contribution in [0.1, 0.15) is 44.6 Å². The molecule has 0 aliphatic heterocycles. The highest BCUT2D eigenvalue weighted by Gasteiger charge is 2.33. The number of benzene rings is 3. The molecule has 2 amide bonds. The summed E-state index contributed by atoms with van der Waals surface area (Å²) in [6, 6.07) is 21.0. The molecule has 10 heteroatoms. The Morgan fingerprint density at radius 1 is 0.975 bits per heavy atom. The molecule has 1 aliphatic carbocycles. The molecule has 1 N–H and O–H groups in total. The number of nitrogens with one attached hydrogen (secondary N) is 1. The Kier molecular flexibility index (Phi) is 10.3. The predicted octanol–water partition coefficient (Wildman–Crippen LogP) is 6.16. The van der Waals surface area contributed by atoms with Crippen molar-refractivity contribution >= 4 is 55.1 Å². The third-order valence-corrected chi connectivity index (χ3v) is 9.58. The van der Waals surface area contributed by atoms with Crippen LogP contribution in [0.2, 0.25) is 5.02 Å². The highest BCUT2D eigenvalue weighted by molar-refractivity contribution is 9.10. The molecule has 40 heavy (non-hydrogen) atoms. The SMILES string of the molecule is C[C@@H](C(=O)NC1CCCCC1)N(Cc1cccc(Br)c1)C(=O)CN(c1cccc(Cl)c1)S(=O)(=O)c1ccccc1. The maximum absolute atomic E-state index is 14.0. The van der Waals surface area contributed by atoms with Crippen LogP contribution in [0, 0.1) is 0 Å². The highest BCUT2D eigenvalue weighted by Crippen LogP contribution is 2.27. The van der Waals surface area contributed by atoms with Crippen LogP contribution in [-0.4, -0.2) is 43.8 Å². The van der Waals surface area contributed by atoms with Crippen molar-refractivity contribution in [3.8, 4) is 0 Å². The first-order chi connectivity index (χ1) is 19.1. The van der Waals surface area contributed by atoms with E-state index in [1.807, 2.05) is 24.3 Å². The lowest BCUT2D eigenvalue weighted by Crippen LogP contribution is -2.53. The minimum absolute atomic E-state index is 0.0457. The maximum atomic E-state index is 14.0. The number of nitrogens with zero attached hydrogens (tertiary/aromatic N) is 2. The molecular formula is C30H33BrClN3O4S. The van der Waals surface area contributed by atoms with Crippen LogP contribution < -0.4 is 9.62 Å². The van der Waals surface area contributed by atoms with Gasteiger partial charge in [0.05, 0.1) is 10.6 Å². The number of amides is 2. The van der Waals surface area contributed by atoms with E-state index in [9.17, 15) is 18.0 Å². The van der Waals surface area contributed by atoms with Gasteiger partial charge in [-0.1, -0.05) is 83.2 Å². The van der Waals surface area contributed by atoms with Gasteiger partial charge in [0, 0.05) is 22.1 Å². The van der Waals surface area contributed by atoms with Crippen LogP contribution >= 0.6 is 27.5 Å². The molecule has 3 aromatic carbocycles. The van der Waals surface area contributed by atoms with Crippen molar-refractivity contribution in [2.75, 3.05) is 10.8 Å². The van der Waals surface area contributed by atoms with Crippen molar-refractivity contribution in [3.63, 3.8) is 0 Å². The molecule has 0 aromatic heterocycles. The van der Waals surface area contributed by atoms with Crippen molar-refractivity contribution in [1.82, 2.24) is 10.2 Å². The van der Waals surface area contributed by atoms with Gasteiger partial charge in [0.15, 0.2) is 0 Å². The third-order valence-electron chi connectivity index (χ3n) is 7.07. The van der Waals surface area contributed by atoms with E-state index in [0.29, 0.717) is 5.02 Å². The minimum Gasteiger partial charge on any atom is -0.352 e. The number of rotatable bonds is 10. The van der Waals surface area contributed by atoms with E-state index in [4.69, 9.17) is 11.6 Å². The molecule has 0 radical (unpaired) electrons. The number of sulfonamides is 1. The highest BCUT2D eigenvalue weighted by atomic mass is 79.9. The lowest BCUT2D eigenvalue weighted by Gasteiger charge is -2.33. The molecule has 0 bridgehead atoms. The minimum atomic E-state index is -4.13. The summed E-state index contributed by atoms with van der Waals surface area (Å²) in [5.74, 6) is -0.763. The van der Waals surface area contributed by atoms with Gasteiger partial charge in [-0.25, -0.2) is 8.42 Å². The summed E-state index contributed by atoms with van der Waals surface area (Å²) in [5.41, 5.74) is 1.06. The van der Waals surface area contributed by atoms with Crippen molar-refractivity contribution in [1.29, 1.82) is 0 Å². The van der Waals surface area contributed by atoms with E-state index in [-0.39, 0.29) is 29.1 Å². The first-order valence-corrected chi connectivity index (χ1v) is 15.9. The smallest absolute Gasteiger partial charge is 0.264 e. The summed E-state index contributed by atoms with van der Waals surface area (Å²) in [5, 5.41) is 3.45. The molecule has 212 valence electrons. The fourth-order valence-corrected chi connectivity index (χ4v) is 6.92. The van der Waals surface area contributed by atoms with E-state index in [1.54, 1.807) is 43.3 Å². The van der Waals surface area contributed by atoms with Crippen LogP contribution in [-0.2, 0) is 26.2 Å². The standard InChI is InChI=1S/C30H33BrClN3O4S/c1-22(30(37)33-26-13-4-2-5-14-26)34(20-23-10-8-11-24(31)18-23)29(36)21-35(27-15-9-12-25(32)19-27)40(38,39)28-16-6-3-7-17-28/h3,6-12,15-19,22,26H,2,4-5,13-14,20-21H2,1H3,(H,33,37)/t22-/m0/s1. The Balaban J connectivity index is 1.67. The molecule has 0 spiro atoms. The molecule has 3 aromatic rings. The van der Waals surface area contributed by atoms with E-state index in [2.05, 4.69) is 21.2 Å². The van der Waals surface area contributed by atoms with Gasteiger partial charge in [-0.3, -0.25) is 13.9 Å². The first kappa shape index (κ1) is 30.1. The lowest BCUT2D eigenvalue weighted by molar-refractivity contribution is -0.139. The van der Waals surface area contributed by atoms with Crippen LogP contribution in [0.4, 0.5) is 5.69 Å². The molecule has 0 saturated heterocycles. The van der Waals surface area contributed by atoms with Gasteiger partial charge in [0.1, 0.15) is 12.6 Å². The quantitative estimate of drug-likeness (QED) is 0.286. The largest absolute Gasteiger partial charge is 0.352 e. The van der Waals surface area contributed by atoms with Gasteiger partial charge in [-0.2, -0.15) is 0 Å². The Morgan fingerprint density at radius 3 is 2.35 bits per heavy atom. The number of halogens is 2. The number of carbonyl (C=O) groups is 2. The van der Waals surface area contributed by atoms with Crippen molar-refractivity contribution in [2.45, 2.75) is 62.6 Å². The second kappa shape index (κ2) is 13.7. The summed E-state index contributed by atoms with van der Waals surface area (Å²) in [7, 11) is -4.13. The zero-order chi connectivity index (χ0) is 28.7. The fraction of sp³-hybridized carbons (Fsp3) is 0.333. The molecule has 7 nitrogen and oxygen atoms in total. The monoisotopic (exact) mass is 645 g/mol. The van der Waals surface area contributed by atoms with Crippen LogP contribution in [0.5, 0.6) is 0 Å². The average Bonchev–Trinajstić information content (AvgIpc) is 2.95. The predicted molar refractivity (Wildman–Crippen MR) is 162 cm³/mol. The Bertz CT molecular complexity index is 1430. The molecule has 1 atom stereocenters. The third kappa shape index (κ3) is 7.65. The number of anilines is 1. The van der Waals surface area contributed by atoms with E-state index >= 15 is 0 Å². The topological polar surface area (TPSA) is 86.8 Å². The number of carbonyl (C=O) groups excluding carboxylic acids is 2. The van der Waals surface area contributed by atoms with E-state index in [0.717, 1.165) is 46.4 Å². The van der Waals surface area contributed by atoms with Gasteiger partial charge in [0.2, 0.25) is 11.8 Å². The summed E-state index contributed by atoms with van der Waals surface area (Å²) in [6.07, 6.45) is 5.11. The second-order valence-corrected chi connectivity index (χ2v) is 13.2. The fourth-order valence-electron chi connectivity index (χ4n) is 4.86. The van der Waals surface area contributed by atoms with Gasteiger partial charge in [-0.05, 0) is 67.8 Å². The zero-order valence-corrected chi connectivity index (χ0v) is 25.5. The van der Waals surface area contributed by atoms with Gasteiger partial charge >= 0.3 is 0 Å².